The lowest BCUT2D eigenvalue weighted by atomic mass is 9.88. The number of benzene rings is 3. The Morgan fingerprint density at radius 2 is 1.73 bits per heavy atom. The van der Waals surface area contributed by atoms with Crippen LogP contribution in [0.4, 0.5) is 8.78 Å². The molecule has 7 heteroatoms. The van der Waals surface area contributed by atoms with Crippen molar-refractivity contribution in [3.63, 3.8) is 0 Å². The number of fused-ring (bicyclic) bond motifs is 1. The van der Waals surface area contributed by atoms with E-state index in [1.54, 1.807) is 6.07 Å². The van der Waals surface area contributed by atoms with Gasteiger partial charge in [-0.3, -0.25) is 0 Å². The standard InChI is InChI=1S/C30H30F2N2O2S/c1-20-5-4-6-28(32)30(20)21(2)34-15-13-23(14-16-34)27-18-33(3)29-12-7-22(17-26(27)29)19-37(35,36)25-10-8-24(31)9-11-25/h4-12,17-18,23H,2,13-16,19H2,1,3H3. The summed E-state index contributed by atoms with van der Waals surface area (Å²) in [6.45, 7) is 7.65. The van der Waals surface area contributed by atoms with Crippen molar-refractivity contribution in [2.75, 3.05) is 13.1 Å². The van der Waals surface area contributed by atoms with Gasteiger partial charge in [0.2, 0.25) is 0 Å². The highest BCUT2D eigenvalue weighted by atomic mass is 32.2. The predicted octanol–water partition coefficient (Wildman–Crippen LogP) is 6.59. The van der Waals surface area contributed by atoms with Gasteiger partial charge < -0.3 is 9.47 Å². The molecule has 5 rings (SSSR count). The van der Waals surface area contributed by atoms with Crippen LogP contribution in [0.5, 0.6) is 0 Å². The zero-order chi connectivity index (χ0) is 26.3. The van der Waals surface area contributed by atoms with E-state index in [0.717, 1.165) is 48.1 Å². The first-order valence-electron chi connectivity index (χ1n) is 12.4. The summed E-state index contributed by atoms with van der Waals surface area (Å²) in [5, 5.41) is 1.05. The number of nitrogens with zero attached hydrogens (tertiary/aromatic N) is 2. The maximum absolute atomic E-state index is 14.5. The van der Waals surface area contributed by atoms with Crippen LogP contribution < -0.4 is 0 Å². The van der Waals surface area contributed by atoms with E-state index in [0.29, 0.717) is 17.0 Å². The molecule has 1 fully saturated rings. The van der Waals surface area contributed by atoms with Gasteiger partial charge in [0.05, 0.1) is 10.6 Å². The fourth-order valence-corrected chi connectivity index (χ4v) is 6.78. The molecule has 0 unspecified atom stereocenters. The quantitative estimate of drug-likeness (QED) is 0.270. The minimum atomic E-state index is -3.60. The largest absolute Gasteiger partial charge is 0.371 e. The Labute approximate surface area is 216 Å². The maximum Gasteiger partial charge on any atom is 0.182 e. The van der Waals surface area contributed by atoms with E-state index in [9.17, 15) is 17.2 Å². The van der Waals surface area contributed by atoms with Gasteiger partial charge in [-0.1, -0.05) is 24.8 Å². The molecule has 3 aromatic carbocycles. The van der Waals surface area contributed by atoms with Crippen LogP contribution in [0.15, 0.2) is 78.3 Å². The molecule has 1 saturated heterocycles. The lowest BCUT2D eigenvalue weighted by Crippen LogP contribution is -2.31. The molecule has 4 aromatic rings. The molecule has 1 aliphatic heterocycles. The van der Waals surface area contributed by atoms with Crippen LogP contribution in [0.25, 0.3) is 16.6 Å². The summed E-state index contributed by atoms with van der Waals surface area (Å²) >= 11 is 0. The first-order chi connectivity index (χ1) is 17.6. The summed E-state index contributed by atoms with van der Waals surface area (Å²) in [5.41, 5.74) is 5.13. The summed E-state index contributed by atoms with van der Waals surface area (Å²) in [5.74, 6) is -0.556. The highest BCUT2D eigenvalue weighted by Gasteiger charge is 2.26. The Kier molecular flexibility index (Phi) is 6.67. The van der Waals surface area contributed by atoms with Gasteiger partial charge in [0.25, 0.3) is 0 Å². The van der Waals surface area contributed by atoms with Gasteiger partial charge in [-0.05, 0) is 84.8 Å². The molecule has 0 radical (unpaired) electrons. The first-order valence-corrected chi connectivity index (χ1v) is 14.0. The average Bonchev–Trinajstić information content (AvgIpc) is 3.19. The van der Waals surface area contributed by atoms with Gasteiger partial charge in [0.1, 0.15) is 11.6 Å². The normalized spacial score (nSPS) is 14.9. The van der Waals surface area contributed by atoms with Crippen LogP contribution in [-0.4, -0.2) is 31.0 Å². The number of aromatic nitrogens is 1. The smallest absolute Gasteiger partial charge is 0.182 e. The van der Waals surface area contributed by atoms with Crippen molar-refractivity contribution in [1.82, 2.24) is 9.47 Å². The van der Waals surface area contributed by atoms with Gasteiger partial charge in [0.15, 0.2) is 9.84 Å². The van der Waals surface area contributed by atoms with Crippen molar-refractivity contribution in [3.8, 4) is 0 Å². The third-order valence-corrected chi connectivity index (χ3v) is 9.14. The second-order valence-corrected chi connectivity index (χ2v) is 11.9. The van der Waals surface area contributed by atoms with Crippen LogP contribution in [-0.2, 0) is 22.6 Å². The summed E-state index contributed by atoms with van der Waals surface area (Å²) < 4.78 is 55.7. The molecule has 0 amide bonds. The molecule has 2 heterocycles. The van der Waals surface area contributed by atoms with Crippen molar-refractivity contribution in [3.05, 3.63) is 107 Å². The number of aryl methyl sites for hydroxylation is 2. The highest BCUT2D eigenvalue weighted by molar-refractivity contribution is 7.90. The second-order valence-electron chi connectivity index (χ2n) is 9.90. The van der Waals surface area contributed by atoms with E-state index in [4.69, 9.17) is 0 Å². The Morgan fingerprint density at radius 3 is 2.41 bits per heavy atom. The van der Waals surface area contributed by atoms with Gasteiger partial charge >= 0.3 is 0 Å². The maximum atomic E-state index is 14.5. The van der Waals surface area contributed by atoms with Gasteiger partial charge in [-0.25, -0.2) is 17.2 Å². The van der Waals surface area contributed by atoms with Crippen LogP contribution in [0.1, 0.15) is 41.0 Å². The SMILES string of the molecule is C=C(c1c(C)cccc1F)N1CCC(c2cn(C)c3ccc(CS(=O)(=O)c4ccc(F)cc4)cc23)CC1. The molecule has 1 aromatic heterocycles. The van der Waals surface area contributed by atoms with E-state index in [1.165, 1.54) is 35.9 Å². The molecule has 0 saturated carbocycles. The van der Waals surface area contributed by atoms with Gasteiger partial charge in [0, 0.05) is 48.5 Å². The van der Waals surface area contributed by atoms with Crippen molar-refractivity contribution in [2.45, 2.75) is 36.3 Å². The van der Waals surface area contributed by atoms with E-state index < -0.39 is 15.7 Å². The van der Waals surface area contributed by atoms with Gasteiger partial charge in [-0.15, -0.1) is 0 Å². The third kappa shape index (κ3) is 4.92. The molecule has 4 nitrogen and oxygen atoms in total. The molecule has 0 N–H and O–H groups in total. The minimum absolute atomic E-state index is 0.111. The summed E-state index contributed by atoms with van der Waals surface area (Å²) in [6, 6.07) is 15.8. The Hall–Kier alpha value is -3.45. The second kappa shape index (κ2) is 9.78. The zero-order valence-electron chi connectivity index (χ0n) is 21.0. The molecule has 192 valence electrons. The number of hydrogen-bond donors (Lipinski definition) is 0. The molecule has 0 aliphatic carbocycles. The van der Waals surface area contributed by atoms with Crippen LogP contribution >= 0.6 is 0 Å². The Balaban J connectivity index is 1.36. The lowest BCUT2D eigenvalue weighted by molar-refractivity contribution is 0.299. The lowest BCUT2D eigenvalue weighted by Gasteiger charge is -2.35. The molecule has 1 aliphatic rings. The highest BCUT2D eigenvalue weighted by Crippen LogP contribution is 2.37. The number of hydrogen-bond acceptors (Lipinski definition) is 3. The molecular weight excluding hydrogens is 490 g/mol. The van der Waals surface area contributed by atoms with E-state index in [1.807, 2.05) is 38.2 Å². The van der Waals surface area contributed by atoms with Crippen LogP contribution in [0.2, 0.25) is 0 Å². The van der Waals surface area contributed by atoms with E-state index in [-0.39, 0.29) is 16.5 Å². The van der Waals surface area contributed by atoms with Gasteiger partial charge in [-0.2, -0.15) is 0 Å². The topological polar surface area (TPSA) is 42.3 Å². The summed E-state index contributed by atoms with van der Waals surface area (Å²) in [4.78, 5) is 2.27. The number of halogens is 2. The van der Waals surface area contributed by atoms with E-state index in [2.05, 4.69) is 22.2 Å². The minimum Gasteiger partial charge on any atom is -0.371 e. The molecular formula is C30H30F2N2O2S. The fraction of sp³-hybridized carbons (Fsp3) is 0.267. The third-order valence-electron chi connectivity index (χ3n) is 7.44. The number of rotatable bonds is 6. The summed E-state index contributed by atoms with van der Waals surface area (Å²) in [7, 11) is -1.60. The monoisotopic (exact) mass is 520 g/mol. The fourth-order valence-electron chi connectivity index (χ4n) is 5.45. The molecule has 0 spiro atoms. The van der Waals surface area contributed by atoms with E-state index >= 15 is 0 Å². The number of likely N-dealkylation sites (tertiary alicyclic amines) is 1. The van der Waals surface area contributed by atoms with Crippen molar-refractivity contribution in [2.24, 2.45) is 7.05 Å². The van der Waals surface area contributed by atoms with Crippen LogP contribution in [0.3, 0.4) is 0 Å². The zero-order valence-corrected chi connectivity index (χ0v) is 21.9. The summed E-state index contributed by atoms with van der Waals surface area (Å²) in [6.07, 6.45) is 3.92. The number of piperidine rings is 1. The van der Waals surface area contributed by atoms with Crippen molar-refractivity contribution >= 4 is 26.4 Å². The Bertz CT molecular complexity index is 1560. The molecule has 0 bridgehead atoms. The van der Waals surface area contributed by atoms with Crippen molar-refractivity contribution in [1.29, 1.82) is 0 Å². The predicted molar refractivity (Wildman–Crippen MR) is 144 cm³/mol. The first kappa shape index (κ1) is 25.2. The Morgan fingerprint density at radius 1 is 1.03 bits per heavy atom. The molecule has 37 heavy (non-hydrogen) atoms. The van der Waals surface area contributed by atoms with Crippen LogP contribution in [0, 0.1) is 18.6 Å². The average molecular weight is 521 g/mol. The molecule has 0 atom stereocenters. The number of sulfone groups is 1. The van der Waals surface area contributed by atoms with Crippen molar-refractivity contribution < 1.29 is 17.2 Å².